The van der Waals surface area contributed by atoms with Crippen LogP contribution in [0.15, 0.2) is 0 Å². The zero-order chi connectivity index (χ0) is 15.3. The average Bonchev–Trinajstić information content (AvgIpc) is 2.36. The minimum Gasteiger partial charge on any atom is -0.481 e. The van der Waals surface area contributed by atoms with Crippen molar-refractivity contribution >= 4 is 16.2 Å². The molecule has 1 heterocycles. The maximum Gasteiger partial charge on any atom is 0.306 e. The van der Waals surface area contributed by atoms with Crippen LogP contribution in [0.3, 0.4) is 0 Å². The molecule has 0 aromatic heterocycles. The van der Waals surface area contributed by atoms with Gasteiger partial charge in [-0.15, -0.1) is 0 Å². The second-order valence-corrected chi connectivity index (χ2v) is 7.40. The maximum absolute atomic E-state index is 12.0. The molecule has 1 saturated heterocycles. The molecule has 1 aliphatic rings. The number of hydrogen-bond donors (Lipinski definition) is 3. The van der Waals surface area contributed by atoms with Gasteiger partial charge in [0, 0.05) is 19.6 Å². The zero-order valence-electron chi connectivity index (χ0n) is 11.9. The first-order chi connectivity index (χ1) is 9.22. The highest BCUT2D eigenvalue weighted by Crippen LogP contribution is 2.19. The van der Waals surface area contributed by atoms with Gasteiger partial charge in [0.25, 0.3) is 10.2 Å². The standard InChI is InChI=1S/C12H24N2O5S/c1-9(2)7-11(15)8-13-20(18,19)14-5-3-10(4-6-14)12(16)17/h9-11,13,15H,3-8H2,1-2H3,(H,16,17). The van der Waals surface area contributed by atoms with Crippen LogP contribution in [-0.2, 0) is 15.0 Å². The summed E-state index contributed by atoms with van der Waals surface area (Å²) in [6.45, 7) is 4.29. The smallest absolute Gasteiger partial charge is 0.306 e. The van der Waals surface area contributed by atoms with E-state index in [-0.39, 0.29) is 19.6 Å². The molecule has 1 fully saturated rings. The molecule has 1 atom stereocenters. The Kier molecular flexibility index (Phi) is 6.38. The third-order valence-electron chi connectivity index (χ3n) is 3.39. The molecule has 8 heteroatoms. The number of aliphatic carboxylic acids is 1. The molecule has 0 radical (unpaired) electrons. The van der Waals surface area contributed by atoms with Crippen molar-refractivity contribution in [1.29, 1.82) is 0 Å². The highest BCUT2D eigenvalue weighted by Gasteiger charge is 2.30. The van der Waals surface area contributed by atoms with Gasteiger partial charge in [-0.25, -0.2) is 0 Å². The van der Waals surface area contributed by atoms with Gasteiger partial charge in [0.1, 0.15) is 0 Å². The van der Waals surface area contributed by atoms with E-state index in [0.29, 0.717) is 25.2 Å². The van der Waals surface area contributed by atoms with Gasteiger partial charge in [-0.05, 0) is 25.2 Å². The summed E-state index contributed by atoms with van der Waals surface area (Å²) in [6.07, 6.45) is 0.473. The van der Waals surface area contributed by atoms with Crippen molar-refractivity contribution in [3.8, 4) is 0 Å². The minimum atomic E-state index is -3.63. The van der Waals surface area contributed by atoms with Gasteiger partial charge >= 0.3 is 5.97 Å². The Labute approximate surface area is 120 Å². The Balaban J connectivity index is 2.44. The Morgan fingerprint density at radius 2 is 1.90 bits per heavy atom. The molecule has 118 valence electrons. The highest BCUT2D eigenvalue weighted by molar-refractivity contribution is 7.87. The fourth-order valence-corrected chi connectivity index (χ4v) is 3.54. The molecule has 0 spiro atoms. The Hall–Kier alpha value is -0.700. The fourth-order valence-electron chi connectivity index (χ4n) is 2.26. The summed E-state index contributed by atoms with van der Waals surface area (Å²) in [5.74, 6) is -1.05. The molecule has 0 aliphatic carbocycles. The molecular formula is C12H24N2O5S. The Morgan fingerprint density at radius 1 is 1.35 bits per heavy atom. The van der Waals surface area contributed by atoms with Crippen LogP contribution in [0.1, 0.15) is 33.1 Å². The molecular weight excluding hydrogens is 284 g/mol. The predicted molar refractivity (Wildman–Crippen MR) is 74.3 cm³/mol. The Morgan fingerprint density at radius 3 is 2.35 bits per heavy atom. The van der Waals surface area contributed by atoms with E-state index in [9.17, 15) is 18.3 Å². The summed E-state index contributed by atoms with van der Waals surface area (Å²) >= 11 is 0. The first-order valence-electron chi connectivity index (χ1n) is 6.88. The lowest BCUT2D eigenvalue weighted by Crippen LogP contribution is -2.47. The van der Waals surface area contributed by atoms with Crippen LogP contribution in [0.4, 0.5) is 0 Å². The molecule has 0 bridgehead atoms. The van der Waals surface area contributed by atoms with Crippen molar-refractivity contribution in [2.75, 3.05) is 19.6 Å². The molecule has 0 aromatic rings. The zero-order valence-corrected chi connectivity index (χ0v) is 12.8. The van der Waals surface area contributed by atoms with Crippen molar-refractivity contribution < 1.29 is 23.4 Å². The first kappa shape index (κ1) is 17.4. The van der Waals surface area contributed by atoms with Crippen LogP contribution in [-0.4, -0.2) is 54.6 Å². The van der Waals surface area contributed by atoms with Crippen LogP contribution in [0.5, 0.6) is 0 Å². The summed E-state index contributed by atoms with van der Waals surface area (Å²) in [7, 11) is -3.63. The molecule has 0 amide bonds. The van der Waals surface area contributed by atoms with E-state index < -0.39 is 28.2 Å². The van der Waals surface area contributed by atoms with E-state index in [1.54, 1.807) is 0 Å². The number of carbonyl (C=O) groups is 1. The van der Waals surface area contributed by atoms with Crippen molar-refractivity contribution in [2.45, 2.75) is 39.2 Å². The molecule has 3 N–H and O–H groups in total. The largest absolute Gasteiger partial charge is 0.481 e. The molecule has 20 heavy (non-hydrogen) atoms. The van der Waals surface area contributed by atoms with Gasteiger partial charge in [-0.1, -0.05) is 13.8 Å². The van der Waals surface area contributed by atoms with E-state index in [1.807, 2.05) is 13.8 Å². The molecule has 7 nitrogen and oxygen atoms in total. The second kappa shape index (κ2) is 7.35. The Bertz CT molecular complexity index is 416. The predicted octanol–water partition coefficient (Wildman–Crippen LogP) is 0.0244. The second-order valence-electron chi connectivity index (χ2n) is 5.65. The van der Waals surface area contributed by atoms with Crippen molar-refractivity contribution in [2.24, 2.45) is 11.8 Å². The monoisotopic (exact) mass is 308 g/mol. The summed E-state index contributed by atoms with van der Waals surface area (Å²) in [5, 5.41) is 18.5. The third-order valence-corrected chi connectivity index (χ3v) is 4.96. The molecule has 1 aliphatic heterocycles. The quantitative estimate of drug-likeness (QED) is 0.615. The normalized spacial score (nSPS) is 20.2. The van der Waals surface area contributed by atoms with E-state index in [1.165, 1.54) is 4.31 Å². The third kappa shape index (κ3) is 5.35. The number of nitrogens with zero attached hydrogens (tertiary/aromatic N) is 1. The topological polar surface area (TPSA) is 107 Å². The summed E-state index contributed by atoms with van der Waals surface area (Å²) < 4.78 is 27.6. The molecule has 1 rings (SSSR count). The summed E-state index contributed by atoms with van der Waals surface area (Å²) in [5.41, 5.74) is 0. The van der Waals surface area contributed by atoms with Crippen LogP contribution >= 0.6 is 0 Å². The van der Waals surface area contributed by atoms with E-state index in [2.05, 4.69) is 4.72 Å². The lowest BCUT2D eigenvalue weighted by molar-refractivity contribution is -0.142. The van der Waals surface area contributed by atoms with Gasteiger partial charge in [-0.3, -0.25) is 4.79 Å². The van der Waals surface area contributed by atoms with Crippen LogP contribution < -0.4 is 4.72 Å². The van der Waals surface area contributed by atoms with E-state index >= 15 is 0 Å². The van der Waals surface area contributed by atoms with E-state index in [4.69, 9.17) is 5.11 Å². The lowest BCUT2D eigenvalue weighted by Gasteiger charge is -2.29. The number of piperidine rings is 1. The molecule has 1 unspecified atom stereocenters. The van der Waals surface area contributed by atoms with Crippen LogP contribution in [0, 0.1) is 11.8 Å². The fraction of sp³-hybridized carbons (Fsp3) is 0.917. The van der Waals surface area contributed by atoms with Crippen molar-refractivity contribution in [1.82, 2.24) is 9.03 Å². The number of aliphatic hydroxyl groups excluding tert-OH is 1. The van der Waals surface area contributed by atoms with Gasteiger partial charge in [0.05, 0.1) is 12.0 Å². The van der Waals surface area contributed by atoms with E-state index in [0.717, 1.165) is 0 Å². The van der Waals surface area contributed by atoms with Gasteiger partial charge in [0.15, 0.2) is 0 Å². The van der Waals surface area contributed by atoms with Crippen LogP contribution in [0.2, 0.25) is 0 Å². The maximum atomic E-state index is 12.0. The number of hydrogen-bond acceptors (Lipinski definition) is 4. The summed E-state index contributed by atoms with van der Waals surface area (Å²) in [6, 6.07) is 0. The number of aliphatic hydroxyl groups is 1. The number of rotatable bonds is 7. The SMILES string of the molecule is CC(C)CC(O)CNS(=O)(=O)N1CCC(C(=O)O)CC1. The minimum absolute atomic E-state index is 0.0145. The van der Waals surface area contributed by atoms with Crippen LogP contribution in [0.25, 0.3) is 0 Å². The lowest BCUT2D eigenvalue weighted by atomic mass is 9.99. The summed E-state index contributed by atoms with van der Waals surface area (Å²) in [4.78, 5) is 10.8. The highest BCUT2D eigenvalue weighted by atomic mass is 32.2. The van der Waals surface area contributed by atoms with Gasteiger partial charge < -0.3 is 10.2 Å². The average molecular weight is 308 g/mol. The number of nitrogens with one attached hydrogen (secondary N) is 1. The number of carboxylic acids is 1. The number of carboxylic acid groups (broad SMARTS) is 1. The molecule has 0 aromatic carbocycles. The van der Waals surface area contributed by atoms with Gasteiger partial charge in [-0.2, -0.15) is 17.4 Å². The van der Waals surface area contributed by atoms with Gasteiger partial charge in [0.2, 0.25) is 0 Å². The van der Waals surface area contributed by atoms with Crippen molar-refractivity contribution in [3.05, 3.63) is 0 Å². The molecule has 0 saturated carbocycles. The first-order valence-corrected chi connectivity index (χ1v) is 8.32. The van der Waals surface area contributed by atoms with Crippen molar-refractivity contribution in [3.63, 3.8) is 0 Å².